The second kappa shape index (κ2) is 26.1. The van der Waals surface area contributed by atoms with Crippen molar-refractivity contribution in [2.24, 2.45) is 0 Å². The second-order valence-electron chi connectivity index (χ2n) is 14.2. The van der Waals surface area contributed by atoms with Crippen molar-refractivity contribution in [1.29, 1.82) is 0 Å². The molecule has 2 aliphatic heterocycles. The number of hydrogen-bond donors (Lipinski definition) is 0. The van der Waals surface area contributed by atoms with E-state index in [1.165, 1.54) is 25.7 Å². The monoisotopic (exact) mass is 690 g/mol. The summed E-state index contributed by atoms with van der Waals surface area (Å²) in [5.74, 6) is -0.0162. The van der Waals surface area contributed by atoms with E-state index < -0.39 is 0 Å². The van der Waals surface area contributed by atoms with Crippen LogP contribution in [0.15, 0.2) is 60.9 Å². The Morgan fingerprint density at radius 3 is 1.04 bits per heavy atom. The van der Waals surface area contributed by atoms with Crippen LogP contribution in [0, 0.1) is 40.1 Å². The van der Waals surface area contributed by atoms with Gasteiger partial charge in [0.1, 0.15) is 0 Å². The van der Waals surface area contributed by atoms with Crippen LogP contribution in [0.2, 0.25) is 0 Å². The fourth-order valence-corrected chi connectivity index (χ4v) is 5.08. The van der Waals surface area contributed by atoms with E-state index in [1.807, 2.05) is 106 Å². The maximum absolute atomic E-state index is 13.4. The SMILES string of the molecule is C1CCOC1.C1CCOC1.Cc1cc(C(C)(C)C)c([O-])c(-c2c(C)c(C)cc(C(C)(C)C)c2[O-])c1C.[Li+].[Li+].[Mg+2].[c-]1ccccn1.[c-]1ccccn1. The number of ether oxygens (including phenoxy) is 2. The summed E-state index contributed by atoms with van der Waals surface area (Å²) >= 11 is 0. The summed E-state index contributed by atoms with van der Waals surface area (Å²) in [5, 5.41) is 26.9. The molecule has 2 saturated heterocycles. The van der Waals surface area contributed by atoms with Crippen LogP contribution in [0.1, 0.15) is 101 Å². The van der Waals surface area contributed by atoms with Gasteiger partial charge in [-0.25, -0.2) is 0 Å². The second-order valence-corrected chi connectivity index (χ2v) is 14.2. The Kier molecular flexibility index (Phi) is 26.2. The van der Waals surface area contributed by atoms with Crippen molar-refractivity contribution in [1.82, 2.24) is 9.97 Å². The van der Waals surface area contributed by atoms with E-state index in [0.717, 1.165) is 59.8 Å². The van der Waals surface area contributed by atoms with Crippen LogP contribution in [0.3, 0.4) is 0 Å². The molecule has 0 unspecified atom stereocenters. The molecule has 262 valence electrons. The number of hydrogen-bond acceptors (Lipinski definition) is 6. The van der Waals surface area contributed by atoms with Gasteiger partial charge in [-0.1, -0.05) is 90.0 Å². The number of benzene rings is 2. The Morgan fingerprint density at radius 2 is 0.882 bits per heavy atom. The molecule has 2 aromatic carbocycles. The molecule has 0 bridgehead atoms. The molecule has 0 radical (unpaired) electrons. The smallest absolute Gasteiger partial charge is 0.872 e. The van der Waals surface area contributed by atoms with E-state index >= 15 is 0 Å². The first kappa shape index (κ1) is 51.3. The fourth-order valence-electron chi connectivity index (χ4n) is 5.08. The van der Waals surface area contributed by atoms with Crippen LogP contribution in [-0.2, 0) is 20.3 Å². The molecule has 2 fully saturated rings. The molecule has 0 atom stereocenters. The van der Waals surface area contributed by atoms with Crippen molar-refractivity contribution < 1.29 is 57.4 Å². The molecule has 51 heavy (non-hydrogen) atoms. The van der Waals surface area contributed by atoms with Crippen LogP contribution in [0.5, 0.6) is 11.5 Å². The van der Waals surface area contributed by atoms with E-state index in [9.17, 15) is 10.2 Å². The van der Waals surface area contributed by atoms with Crippen molar-refractivity contribution >= 4 is 23.1 Å². The Bertz CT molecular complexity index is 1320. The average molecular weight is 691 g/mol. The summed E-state index contributed by atoms with van der Waals surface area (Å²) in [5.41, 5.74) is 6.13. The molecule has 2 aliphatic rings. The number of nitrogens with zero attached hydrogens (tertiary/aromatic N) is 2. The minimum absolute atomic E-state index is 0. The van der Waals surface area contributed by atoms with Gasteiger partial charge in [0.15, 0.2) is 0 Å². The molecule has 6 rings (SSSR count). The first-order valence-electron chi connectivity index (χ1n) is 17.0. The van der Waals surface area contributed by atoms with E-state index in [4.69, 9.17) is 9.47 Å². The van der Waals surface area contributed by atoms with Crippen molar-refractivity contribution in [3.63, 3.8) is 0 Å². The molecule has 4 aromatic rings. The zero-order valence-electron chi connectivity index (χ0n) is 33.7. The summed E-state index contributed by atoms with van der Waals surface area (Å²) in [6, 6.07) is 15.0. The standard InChI is InChI=1S/C24H34O2.2C5H4N.2C4H8O.2Li.Mg/c1-13-11-17(23(5,6)7)21(25)19(15(13)3)20-16(4)14(2)12-18(22(20)26)24(8,9)10;2*1-2-4-6-5-3-1;2*1-2-4-5-3-1;;;/h11-12,25-26H,1-10H3;2*1-4H;2*1-4H2;;;/q;2*-1;;;2*+1;+2/p-2. The van der Waals surface area contributed by atoms with Gasteiger partial charge in [-0.2, -0.15) is 36.4 Å². The van der Waals surface area contributed by atoms with Crippen LogP contribution >= 0.6 is 0 Å². The van der Waals surface area contributed by atoms with Gasteiger partial charge in [-0.3, -0.25) is 0 Å². The average Bonchev–Trinajstić information content (AvgIpc) is 3.84. The summed E-state index contributed by atoms with van der Waals surface area (Å²) in [4.78, 5) is 7.32. The van der Waals surface area contributed by atoms with Gasteiger partial charge in [-0.15, -0.1) is 0 Å². The van der Waals surface area contributed by atoms with Gasteiger partial charge in [0.2, 0.25) is 0 Å². The van der Waals surface area contributed by atoms with Crippen LogP contribution in [0.25, 0.3) is 11.1 Å². The molecule has 0 aliphatic carbocycles. The van der Waals surface area contributed by atoms with Crippen molar-refractivity contribution in [3.05, 3.63) is 107 Å². The Labute approximate surface area is 349 Å². The fraction of sp³-hybridized carbons (Fsp3) is 0.476. The van der Waals surface area contributed by atoms with E-state index in [0.29, 0.717) is 11.1 Å². The number of aromatic nitrogens is 2. The van der Waals surface area contributed by atoms with Crippen LogP contribution in [-0.4, -0.2) is 59.4 Å². The molecule has 4 heterocycles. The van der Waals surface area contributed by atoms with Gasteiger partial charge in [-0.05, 0) is 109 Å². The van der Waals surface area contributed by atoms with Crippen LogP contribution in [0.4, 0.5) is 0 Å². The molecular formula is C42H56Li2MgN2O4. The van der Waals surface area contributed by atoms with Gasteiger partial charge in [0, 0.05) is 26.4 Å². The summed E-state index contributed by atoms with van der Waals surface area (Å²) in [6.07, 6.45) is 13.8. The molecule has 6 nitrogen and oxygen atoms in total. The van der Waals surface area contributed by atoms with Gasteiger partial charge < -0.3 is 29.7 Å². The maximum atomic E-state index is 13.4. The Balaban J connectivity index is 0. The molecule has 0 spiro atoms. The third-order valence-electron chi connectivity index (χ3n) is 8.15. The molecule has 9 heteroatoms. The van der Waals surface area contributed by atoms with Gasteiger partial charge >= 0.3 is 60.8 Å². The van der Waals surface area contributed by atoms with E-state index in [1.54, 1.807) is 24.5 Å². The van der Waals surface area contributed by atoms with Gasteiger partial charge in [0.25, 0.3) is 0 Å². The van der Waals surface area contributed by atoms with Crippen molar-refractivity contribution in [2.75, 3.05) is 26.4 Å². The van der Waals surface area contributed by atoms with E-state index in [-0.39, 0.29) is 83.1 Å². The molecule has 0 amide bonds. The summed E-state index contributed by atoms with van der Waals surface area (Å²) in [7, 11) is 0. The van der Waals surface area contributed by atoms with Crippen molar-refractivity contribution in [3.8, 4) is 22.6 Å². The maximum Gasteiger partial charge on any atom is 2.00 e. The number of aryl methyl sites for hydroxylation is 2. The normalized spacial score (nSPS) is 13.0. The first-order chi connectivity index (χ1) is 22.7. The number of rotatable bonds is 1. The largest absolute Gasteiger partial charge is 2.00 e. The summed E-state index contributed by atoms with van der Waals surface area (Å²) in [6.45, 7) is 24.2. The number of pyridine rings is 2. The first-order valence-corrected chi connectivity index (χ1v) is 17.0. The zero-order chi connectivity index (χ0) is 35.7. The minimum atomic E-state index is -0.266. The predicted molar refractivity (Wildman–Crippen MR) is 199 cm³/mol. The Morgan fingerprint density at radius 1 is 0.569 bits per heavy atom. The third kappa shape index (κ3) is 17.7. The summed E-state index contributed by atoms with van der Waals surface area (Å²) < 4.78 is 9.89. The molecule has 0 saturated carbocycles. The molecular weight excluding hydrogens is 635 g/mol. The topological polar surface area (TPSA) is 90.4 Å². The van der Waals surface area contributed by atoms with Crippen LogP contribution < -0.4 is 47.9 Å². The third-order valence-corrected chi connectivity index (χ3v) is 8.15. The quantitative estimate of drug-likeness (QED) is 0.225. The Hall–Kier alpha value is -1.78. The van der Waals surface area contributed by atoms with Gasteiger partial charge in [0.05, 0.1) is 0 Å². The zero-order valence-corrected chi connectivity index (χ0v) is 35.1. The van der Waals surface area contributed by atoms with E-state index in [2.05, 4.69) is 22.4 Å². The van der Waals surface area contributed by atoms with Crippen molar-refractivity contribution in [2.45, 2.75) is 106 Å². The molecule has 0 N–H and O–H groups in total. The molecule has 2 aromatic heterocycles. The minimum Gasteiger partial charge on any atom is -0.872 e. The predicted octanol–water partition coefficient (Wildman–Crippen LogP) is 2.31.